The van der Waals surface area contributed by atoms with Gasteiger partial charge in [0.1, 0.15) is 0 Å². The van der Waals surface area contributed by atoms with Gasteiger partial charge in [-0.05, 0) is 55.2 Å². The van der Waals surface area contributed by atoms with Crippen molar-refractivity contribution in [2.24, 2.45) is 17.6 Å². The van der Waals surface area contributed by atoms with E-state index < -0.39 is 0 Å². The average Bonchev–Trinajstić information content (AvgIpc) is 3.01. The Morgan fingerprint density at radius 1 is 1.25 bits per heavy atom. The maximum atomic E-state index is 12.5. The molecule has 0 spiro atoms. The lowest BCUT2D eigenvalue weighted by atomic mass is 9.98. The number of rotatable bonds is 2. The lowest BCUT2D eigenvalue weighted by Gasteiger charge is -2.19. The second-order valence-electron chi connectivity index (χ2n) is 5.60. The Hall–Kier alpha value is -0.710. The lowest BCUT2D eigenvalue weighted by Crippen LogP contribution is -2.33. The van der Waals surface area contributed by atoms with Gasteiger partial charge in [0.15, 0.2) is 0 Å². The van der Waals surface area contributed by atoms with E-state index in [0.29, 0.717) is 17.9 Å². The van der Waals surface area contributed by atoms with Gasteiger partial charge in [0, 0.05) is 29.6 Å². The highest BCUT2D eigenvalue weighted by Crippen LogP contribution is 2.37. The lowest BCUT2D eigenvalue weighted by molar-refractivity contribution is 0.0779. The summed E-state index contributed by atoms with van der Waals surface area (Å²) in [4.78, 5) is 15.6. The van der Waals surface area contributed by atoms with Crippen molar-refractivity contribution >= 4 is 30.1 Å². The molecule has 1 amide bonds. The molecule has 2 N–H and O–H groups in total. The van der Waals surface area contributed by atoms with Crippen molar-refractivity contribution in [1.29, 1.82) is 0 Å². The number of nitrogens with two attached hydrogens (primary N) is 1. The van der Waals surface area contributed by atoms with Crippen LogP contribution in [-0.4, -0.2) is 36.2 Å². The zero-order chi connectivity index (χ0) is 13.4. The van der Waals surface area contributed by atoms with E-state index in [-0.39, 0.29) is 18.3 Å². The summed E-state index contributed by atoms with van der Waals surface area (Å²) in [5.41, 5.74) is 6.92. The van der Waals surface area contributed by atoms with Crippen molar-refractivity contribution in [3.05, 3.63) is 29.8 Å². The van der Waals surface area contributed by atoms with Crippen LogP contribution in [0.3, 0.4) is 0 Å². The van der Waals surface area contributed by atoms with Crippen molar-refractivity contribution in [1.82, 2.24) is 4.90 Å². The first-order chi connectivity index (χ1) is 9.19. The highest BCUT2D eigenvalue weighted by molar-refractivity contribution is 7.98. The molecule has 1 saturated heterocycles. The molecule has 3 atom stereocenters. The van der Waals surface area contributed by atoms with Gasteiger partial charge in [-0.1, -0.05) is 0 Å². The Kier molecular flexibility index (Phi) is 4.99. The fraction of sp³-hybridized carbons (Fsp3) is 0.533. The van der Waals surface area contributed by atoms with Crippen LogP contribution in [0, 0.1) is 11.8 Å². The van der Waals surface area contributed by atoms with Crippen molar-refractivity contribution in [2.45, 2.75) is 23.8 Å². The summed E-state index contributed by atoms with van der Waals surface area (Å²) in [7, 11) is 0. The zero-order valence-corrected chi connectivity index (χ0v) is 13.3. The summed E-state index contributed by atoms with van der Waals surface area (Å²) in [6.45, 7) is 1.73. The predicted octanol–water partition coefficient (Wildman–Crippen LogP) is 2.64. The number of hydrogen-bond acceptors (Lipinski definition) is 3. The summed E-state index contributed by atoms with van der Waals surface area (Å²) in [6, 6.07) is 8.19. The number of nitrogens with zero attached hydrogens (tertiary/aromatic N) is 1. The van der Waals surface area contributed by atoms with Crippen molar-refractivity contribution in [2.75, 3.05) is 19.3 Å². The molecule has 2 aliphatic rings. The molecule has 2 fully saturated rings. The van der Waals surface area contributed by atoms with Crippen LogP contribution >= 0.6 is 24.2 Å². The molecule has 0 bridgehead atoms. The van der Waals surface area contributed by atoms with Gasteiger partial charge in [0.2, 0.25) is 0 Å². The van der Waals surface area contributed by atoms with Crippen LogP contribution in [0.5, 0.6) is 0 Å². The molecule has 3 unspecified atom stereocenters. The molecule has 1 aromatic carbocycles. The van der Waals surface area contributed by atoms with Crippen molar-refractivity contribution < 1.29 is 4.79 Å². The molecule has 0 radical (unpaired) electrons. The highest BCUT2D eigenvalue weighted by atomic mass is 35.5. The minimum Gasteiger partial charge on any atom is -0.338 e. The molecular formula is C15H21ClN2OS. The van der Waals surface area contributed by atoms with E-state index in [1.807, 2.05) is 35.4 Å². The van der Waals surface area contributed by atoms with E-state index in [0.717, 1.165) is 25.1 Å². The van der Waals surface area contributed by atoms with E-state index in [4.69, 9.17) is 5.73 Å². The molecule has 1 aliphatic carbocycles. The Labute approximate surface area is 130 Å². The summed E-state index contributed by atoms with van der Waals surface area (Å²) >= 11 is 1.69. The van der Waals surface area contributed by atoms with Gasteiger partial charge >= 0.3 is 0 Å². The standard InChI is InChI=1S/C15H20N2OS.ClH/c1-19-12-5-2-10(3-6-12)15(18)17-8-11-4-7-14(16)13(11)9-17;/h2-3,5-6,11,13-14H,4,7-9,16H2,1H3;1H. The van der Waals surface area contributed by atoms with Gasteiger partial charge in [-0.25, -0.2) is 0 Å². The number of thioether (sulfide) groups is 1. The molecule has 20 heavy (non-hydrogen) atoms. The first-order valence-corrected chi connectivity index (χ1v) is 8.10. The molecule has 3 nitrogen and oxygen atoms in total. The Balaban J connectivity index is 0.00000147. The second kappa shape index (κ2) is 6.37. The summed E-state index contributed by atoms with van der Waals surface area (Å²) in [5.74, 6) is 1.31. The third kappa shape index (κ3) is 2.83. The molecule has 3 rings (SSSR count). The third-order valence-electron chi connectivity index (χ3n) is 4.54. The first-order valence-electron chi connectivity index (χ1n) is 6.88. The Bertz CT molecular complexity index is 479. The maximum absolute atomic E-state index is 12.5. The van der Waals surface area contributed by atoms with Gasteiger partial charge in [0.05, 0.1) is 0 Å². The van der Waals surface area contributed by atoms with E-state index in [2.05, 4.69) is 0 Å². The first kappa shape index (κ1) is 15.7. The van der Waals surface area contributed by atoms with Gasteiger partial charge in [-0.2, -0.15) is 0 Å². The number of hydrogen-bond donors (Lipinski definition) is 1. The number of benzene rings is 1. The van der Waals surface area contributed by atoms with Crippen LogP contribution in [0.4, 0.5) is 0 Å². The van der Waals surface area contributed by atoms with Crippen LogP contribution in [0.25, 0.3) is 0 Å². The van der Waals surface area contributed by atoms with Crippen molar-refractivity contribution in [3.8, 4) is 0 Å². The fourth-order valence-corrected chi connectivity index (χ4v) is 3.80. The highest BCUT2D eigenvalue weighted by Gasteiger charge is 2.42. The number of fused-ring (bicyclic) bond motifs is 1. The molecule has 1 aromatic rings. The number of carbonyl (C=O) groups is 1. The van der Waals surface area contributed by atoms with E-state index in [9.17, 15) is 4.79 Å². The monoisotopic (exact) mass is 312 g/mol. The fourth-order valence-electron chi connectivity index (χ4n) is 3.39. The number of halogens is 1. The second-order valence-corrected chi connectivity index (χ2v) is 6.48. The van der Waals surface area contributed by atoms with E-state index in [1.165, 1.54) is 11.3 Å². The molecule has 110 valence electrons. The summed E-state index contributed by atoms with van der Waals surface area (Å²) < 4.78 is 0. The van der Waals surface area contributed by atoms with Crippen LogP contribution in [0.15, 0.2) is 29.2 Å². The van der Waals surface area contributed by atoms with Gasteiger partial charge in [-0.15, -0.1) is 24.2 Å². The van der Waals surface area contributed by atoms with E-state index in [1.54, 1.807) is 11.8 Å². The SMILES string of the molecule is CSc1ccc(C(=O)N2CC3CCC(N)C3C2)cc1.Cl. The third-order valence-corrected chi connectivity index (χ3v) is 5.28. The van der Waals surface area contributed by atoms with Crippen LogP contribution in [-0.2, 0) is 0 Å². The molecular weight excluding hydrogens is 292 g/mol. The van der Waals surface area contributed by atoms with Crippen LogP contribution in [0.2, 0.25) is 0 Å². The van der Waals surface area contributed by atoms with Gasteiger partial charge in [-0.3, -0.25) is 4.79 Å². The molecule has 1 aliphatic heterocycles. The average molecular weight is 313 g/mol. The van der Waals surface area contributed by atoms with Crippen molar-refractivity contribution in [3.63, 3.8) is 0 Å². The predicted molar refractivity (Wildman–Crippen MR) is 85.6 cm³/mol. The summed E-state index contributed by atoms with van der Waals surface area (Å²) in [6.07, 6.45) is 4.35. The van der Waals surface area contributed by atoms with Gasteiger partial charge in [0.25, 0.3) is 5.91 Å². The Morgan fingerprint density at radius 2 is 1.95 bits per heavy atom. The molecule has 1 heterocycles. The largest absolute Gasteiger partial charge is 0.338 e. The minimum absolute atomic E-state index is 0. The summed E-state index contributed by atoms with van der Waals surface area (Å²) in [5, 5.41) is 0. The topological polar surface area (TPSA) is 46.3 Å². The van der Waals surface area contributed by atoms with E-state index >= 15 is 0 Å². The minimum atomic E-state index is 0. The quantitative estimate of drug-likeness (QED) is 0.854. The molecule has 0 aromatic heterocycles. The maximum Gasteiger partial charge on any atom is 0.253 e. The normalized spacial score (nSPS) is 28.1. The van der Waals surface area contributed by atoms with Gasteiger partial charge < -0.3 is 10.6 Å². The number of likely N-dealkylation sites (tertiary alicyclic amines) is 1. The van der Waals surface area contributed by atoms with Crippen LogP contribution in [0.1, 0.15) is 23.2 Å². The smallest absolute Gasteiger partial charge is 0.253 e. The van der Waals surface area contributed by atoms with Crippen LogP contribution < -0.4 is 5.73 Å². The molecule has 1 saturated carbocycles. The molecule has 5 heteroatoms. The number of amides is 1. The zero-order valence-electron chi connectivity index (χ0n) is 11.6. The number of carbonyl (C=O) groups excluding carboxylic acids is 1. The Morgan fingerprint density at radius 3 is 2.55 bits per heavy atom.